The first-order valence-corrected chi connectivity index (χ1v) is 9.23. The summed E-state index contributed by atoms with van der Waals surface area (Å²) < 4.78 is 21.6. The van der Waals surface area contributed by atoms with E-state index in [1.54, 1.807) is 44.6 Å². The number of nitrogens with one attached hydrogen (secondary N) is 1. The Labute approximate surface area is 172 Å². The number of rotatable bonds is 9. The lowest BCUT2D eigenvalue weighted by Gasteiger charge is -2.10. The van der Waals surface area contributed by atoms with Crippen molar-refractivity contribution in [2.75, 3.05) is 27.4 Å². The van der Waals surface area contributed by atoms with Crippen LogP contribution in [0.5, 0.6) is 11.5 Å². The number of esters is 1. The standard InChI is InChI=1S/C21H22N2O7/c1-27-17-8-7-14(11-18(17)28-2)9-10-22-19(24)13-29-20(25)12-23-15-5-3-4-6-16(15)30-21(23)26/h3-8,11H,9-10,12-13H2,1-2H3,(H,22,24). The van der Waals surface area contributed by atoms with Gasteiger partial charge in [-0.3, -0.25) is 14.2 Å². The zero-order chi connectivity index (χ0) is 21.5. The van der Waals surface area contributed by atoms with Crippen molar-refractivity contribution in [1.82, 2.24) is 9.88 Å². The molecule has 0 saturated heterocycles. The molecule has 0 bridgehead atoms. The fourth-order valence-electron chi connectivity index (χ4n) is 2.92. The van der Waals surface area contributed by atoms with Crippen LogP contribution in [0.2, 0.25) is 0 Å². The molecule has 0 radical (unpaired) electrons. The summed E-state index contributed by atoms with van der Waals surface area (Å²) in [5.41, 5.74) is 1.82. The number of benzene rings is 2. The van der Waals surface area contributed by atoms with Crippen molar-refractivity contribution < 1.29 is 28.2 Å². The van der Waals surface area contributed by atoms with Gasteiger partial charge in [-0.05, 0) is 36.2 Å². The van der Waals surface area contributed by atoms with Crippen LogP contribution in [0.3, 0.4) is 0 Å². The molecule has 158 valence electrons. The molecule has 0 atom stereocenters. The Morgan fingerprint density at radius 3 is 2.60 bits per heavy atom. The first-order valence-electron chi connectivity index (χ1n) is 9.23. The highest BCUT2D eigenvalue weighted by atomic mass is 16.5. The van der Waals surface area contributed by atoms with Crippen molar-refractivity contribution in [3.63, 3.8) is 0 Å². The second kappa shape index (κ2) is 9.64. The molecule has 0 fully saturated rings. The molecule has 0 saturated carbocycles. The number of fused-ring (bicyclic) bond motifs is 1. The van der Waals surface area contributed by atoms with Crippen molar-refractivity contribution >= 4 is 23.0 Å². The van der Waals surface area contributed by atoms with Crippen molar-refractivity contribution in [2.24, 2.45) is 0 Å². The minimum Gasteiger partial charge on any atom is -0.493 e. The first kappa shape index (κ1) is 21.0. The summed E-state index contributed by atoms with van der Waals surface area (Å²) in [4.78, 5) is 35.8. The molecule has 9 heteroatoms. The molecule has 0 aliphatic heterocycles. The Bertz CT molecular complexity index is 1100. The molecule has 1 N–H and O–H groups in total. The van der Waals surface area contributed by atoms with Crippen LogP contribution >= 0.6 is 0 Å². The largest absolute Gasteiger partial charge is 0.493 e. The average Bonchev–Trinajstić information content (AvgIpc) is 3.07. The highest BCUT2D eigenvalue weighted by Crippen LogP contribution is 2.27. The molecular formula is C21H22N2O7. The topological polar surface area (TPSA) is 109 Å². The first-order chi connectivity index (χ1) is 14.5. The van der Waals surface area contributed by atoms with E-state index in [0.717, 1.165) is 10.1 Å². The zero-order valence-corrected chi connectivity index (χ0v) is 16.7. The molecule has 0 aliphatic rings. The van der Waals surface area contributed by atoms with E-state index in [0.29, 0.717) is 35.6 Å². The summed E-state index contributed by atoms with van der Waals surface area (Å²) in [6, 6.07) is 12.2. The lowest BCUT2D eigenvalue weighted by molar-refractivity contribution is -0.149. The fourth-order valence-corrected chi connectivity index (χ4v) is 2.92. The summed E-state index contributed by atoms with van der Waals surface area (Å²) in [6.07, 6.45) is 0.566. The second-order valence-corrected chi connectivity index (χ2v) is 6.37. The van der Waals surface area contributed by atoms with Crippen LogP contribution in [0.15, 0.2) is 51.7 Å². The van der Waals surface area contributed by atoms with Gasteiger partial charge in [0.15, 0.2) is 23.7 Å². The van der Waals surface area contributed by atoms with Crippen LogP contribution in [0, 0.1) is 0 Å². The summed E-state index contributed by atoms with van der Waals surface area (Å²) in [6.45, 7) is -0.415. The van der Waals surface area contributed by atoms with E-state index < -0.39 is 24.2 Å². The number of para-hydroxylation sites is 2. The molecule has 1 aromatic heterocycles. The van der Waals surface area contributed by atoms with Gasteiger partial charge in [-0.15, -0.1) is 0 Å². The minimum absolute atomic E-state index is 0.339. The van der Waals surface area contributed by atoms with E-state index in [4.69, 9.17) is 18.6 Å². The van der Waals surface area contributed by atoms with E-state index in [1.807, 2.05) is 12.1 Å². The van der Waals surface area contributed by atoms with Gasteiger partial charge in [0, 0.05) is 6.54 Å². The van der Waals surface area contributed by atoms with Crippen LogP contribution in [0.25, 0.3) is 11.1 Å². The lowest BCUT2D eigenvalue weighted by Crippen LogP contribution is -2.31. The van der Waals surface area contributed by atoms with Crippen LogP contribution < -0.4 is 20.5 Å². The third kappa shape index (κ3) is 4.99. The highest BCUT2D eigenvalue weighted by molar-refractivity contribution is 5.81. The Hall–Kier alpha value is -3.75. The van der Waals surface area contributed by atoms with Crippen LogP contribution in [0.4, 0.5) is 0 Å². The van der Waals surface area contributed by atoms with Crippen LogP contribution in [-0.4, -0.2) is 43.8 Å². The number of oxazole rings is 1. The molecule has 0 spiro atoms. The van der Waals surface area contributed by atoms with Gasteiger partial charge in [0.25, 0.3) is 5.91 Å². The summed E-state index contributed by atoms with van der Waals surface area (Å²) >= 11 is 0. The second-order valence-electron chi connectivity index (χ2n) is 6.37. The number of ether oxygens (including phenoxy) is 3. The normalized spacial score (nSPS) is 10.6. The van der Waals surface area contributed by atoms with Crippen LogP contribution in [0.1, 0.15) is 5.56 Å². The molecule has 3 rings (SSSR count). The van der Waals surface area contributed by atoms with Gasteiger partial charge in [0.2, 0.25) is 0 Å². The fraction of sp³-hybridized carbons (Fsp3) is 0.286. The van der Waals surface area contributed by atoms with Gasteiger partial charge >= 0.3 is 11.7 Å². The van der Waals surface area contributed by atoms with E-state index in [9.17, 15) is 14.4 Å². The predicted molar refractivity (Wildman–Crippen MR) is 108 cm³/mol. The average molecular weight is 414 g/mol. The molecule has 1 amide bonds. The Kier molecular flexibility index (Phi) is 6.74. The number of hydrogen-bond acceptors (Lipinski definition) is 7. The van der Waals surface area contributed by atoms with Gasteiger partial charge in [0.1, 0.15) is 6.54 Å². The molecular weight excluding hydrogens is 392 g/mol. The van der Waals surface area contributed by atoms with Gasteiger partial charge in [-0.25, -0.2) is 4.79 Å². The maximum absolute atomic E-state index is 12.0. The summed E-state index contributed by atoms with van der Waals surface area (Å²) in [5.74, 6) is -0.571. The SMILES string of the molecule is COc1ccc(CCNC(=O)COC(=O)Cn2c(=O)oc3ccccc32)cc1OC. The van der Waals surface area contributed by atoms with E-state index in [-0.39, 0.29) is 6.54 Å². The van der Waals surface area contributed by atoms with E-state index in [2.05, 4.69) is 5.32 Å². The predicted octanol–water partition coefficient (Wildman–Crippen LogP) is 1.51. The van der Waals surface area contributed by atoms with Crippen molar-refractivity contribution in [1.29, 1.82) is 0 Å². The van der Waals surface area contributed by atoms with Gasteiger partial charge < -0.3 is 23.9 Å². The van der Waals surface area contributed by atoms with Crippen molar-refractivity contribution in [3.05, 3.63) is 58.6 Å². The molecule has 0 aliphatic carbocycles. The third-order valence-corrected chi connectivity index (χ3v) is 4.41. The summed E-state index contributed by atoms with van der Waals surface area (Å²) in [7, 11) is 3.11. The highest BCUT2D eigenvalue weighted by Gasteiger charge is 2.14. The molecule has 9 nitrogen and oxygen atoms in total. The number of amides is 1. The number of methoxy groups -OCH3 is 2. The number of hydrogen-bond donors (Lipinski definition) is 1. The molecule has 2 aromatic carbocycles. The molecule has 3 aromatic rings. The van der Waals surface area contributed by atoms with Crippen molar-refractivity contribution in [2.45, 2.75) is 13.0 Å². The number of carbonyl (C=O) groups excluding carboxylic acids is 2. The summed E-state index contributed by atoms with van der Waals surface area (Å²) in [5, 5.41) is 2.68. The Morgan fingerprint density at radius 1 is 1.07 bits per heavy atom. The smallest absolute Gasteiger partial charge is 0.420 e. The molecule has 30 heavy (non-hydrogen) atoms. The van der Waals surface area contributed by atoms with Gasteiger partial charge in [0.05, 0.1) is 19.7 Å². The molecule has 0 unspecified atom stereocenters. The minimum atomic E-state index is -0.710. The van der Waals surface area contributed by atoms with Gasteiger partial charge in [-0.1, -0.05) is 18.2 Å². The van der Waals surface area contributed by atoms with Gasteiger partial charge in [-0.2, -0.15) is 0 Å². The monoisotopic (exact) mass is 414 g/mol. The van der Waals surface area contributed by atoms with Crippen LogP contribution in [-0.2, 0) is 27.3 Å². The van der Waals surface area contributed by atoms with Crippen molar-refractivity contribution in [3.8, 4) is 11.5 Å². The zero-order valence-electron chi connectivity index (χ0n) is 16.7. The van der Waals surface area contributed by atoms with E-state index in [1.165, 1.54) is 0 Å². The number of nitrogens with zero attached hydrogens (tertiary/aromatic N) is 1. The quantitative estimate of drug-likeness (QED) is 0.529. The Balaban J connectivity index is 1.45. The Morgan fingerprint density at radius 2 is 1.83 bits per heavy atom. The maximum Gasteiger partial charge on any atom is 0.420 e. The number of carbonyl (C=O) groups is 2. The molecule has 1 heterocycles. The lowest BCUT2D eigenvalue weighted by atomic mass is 10.1. The third-order valence-electron chi connectivity index (χ3n) is 4.41. The maximum atomic E-state index is 12.0. The number of aromatic nitrogens is 1. The van der Waals surface area contributed by atoms with E-state index >= 15 is 0 Å².